The van der Waals surface area contributed by atoms with Gasteiger partial charge < -0.3 is 10.1 Å². The molecule has 2 aromatic rings. The summed E-state index contributed by atoms with van der Waals surface area (Å²) >= 11 is 5.60. The highest BCUT2D eigenvalue weighted by Crippen LogP contribution is 2.32. The number of esters is 1. The summed E-state index contributed by atoms with van der Waals surface area (Å²) in [5.41, 5.74) is -1.71. The molecule has 1 aromatic carbocycles. The number of aromatic nitrogens is 1. The van der Waals surface area contributed by atoms with Gasteiger partial charge in [0.05, 0.1) is 16.1 Å². The molecule has 0 fully saturated rings. The molecule has 0 saturated carbocycles. The highest BCUT2D eigenvalue weighted by Gasteiger charge is 2.31. The van der Waals surface area contributed by atoms with Crippen molar-refractivity contribution in [3.8, 4) is 0 Å². The normalized spacial score (nSPS) is 11.2. The van der Waals surface area contributed by atoms with Gasteiger partial charge in [-0.05, 0) is 18.2 Å². The minimum absolute atomic E-state index is 0.381. The SMILES string of the molecule is O=C(COC(=O)c1ccc(F)cc1F)Nc1ncc(C(F)(F)F)cc1Cl. The summed E-state index contributed by atoms with van der Waals surface area (Å²) in [6.45, 7) is -0.894. The van der Waals surface area contributed by atoms with Crippen LogP contribution in [0.2, 0.25) is 5.02 Å². The van der Waals surface area contributed by atoms with E-state index < -0.39 is 52.4 Å². The smallest absolute Gasteiger partial charge is 0.417 e. The van der Waals surface area contributed by atoms with Crippen LogP contribution >= 0.6 is 11.6 Å². The first-order chi connectivity index (χ1) is 12.1. The number of alkyl halides is 3. The van der Waals surface area contributed by atoms with E-state index in [0.717, 1.165) is 12.1 Å². The van der Waals surface area contributed by atoms with Crippen molar-refractivity contribution in [2.75, 3.05) is 11.9 Å². The lowest BCUT2D eigenvalue weighted by Crippen LogP contribution is -2.22. The van der Waals surface area contributed by atoms with Gasteiger partial charge in [-0.15, -0.1) is 0 Å². The number of nitrogens with zero attached hydrogens (tertiary/aromatic N) is 1. The fourth-order valence-electron chi connectivity index (χ4n) is 1.72. The Kier molecular flexibility index (Phi) is 5.76. The number of pyridine rings is 1. The van der Waals surface area contributed by atoms with E-state index >= 15 is 0 Å². The molecule has 0 aliphatic heterocycles. The van der Waals surface area contributed by atoms with Crippen molar-refractivity contribution < 1.29 is 36.3 Å². The zero-order valence-electron chi connectivity index (χ0n) is 12.5. The molecule has 11 heteroatoms. The van der Waals surface area contributed by atoms with E-state index in [0.29, 0.717) is 18.3 Å². The Balaban J connectivity index is 1.98. The number of hydrogen-bond acceptors (Lipinski definition) is 4. The van der Waals surface area contributed by atoms with Crippen LogP contribution in [-0.4, -0.2) is 23.5 Å². The summed E-state index contributed by atoms with van der Waals surface area (Å²) in [5, 5.41) is 1.56. The van der Waals surface area contributed by atoms with E-state index in [1.54, 1.807) is 0 Å². The molecule has 1 aromatic heterocycles. The molecular weight excluding hydrogens is 387 g/mol. The van der Waals surface area contributed by atoms with Crippen LogP contribution in [0, 0.1) is 11.6 Å². The van der Waals surface area contributed by atoms with E-state index in [4.69, 9.17) is 11.6 Å². The molecule has 1 amide bonds. The second-order valence-electron chi connectivity index (χ2n) is 4.80. The van der Waals surface area contributed by atoms with Gasteiger partial charge in [0.1, 0.15) is 11.6 Å². The molecule has 1 heterocycles. The number of halogens is 6. The van der Waals surface area contributed by atoms with Gasteiger partial charge in [-0.25, -0.2) is 18.6 Å². The Bertz CT molecular complexity index is 858. The minimum Gasteiger partial charge on any atom is -0.452 e. The molecule has 5 nitrogen and oxygen atoms in total. The van der Waals surface area contributed by atoms with Crippen LogP contribution in [0.1, 0.15) is 15.9 Å². The molecule has 0 aliphatic carbocycles. The molecule has 1 N–H and O–H groups in total. The summed E-state index contributed by atoms with van der Waals surface area (Å²) in [4.78, 5) is 26.7. The molecule has 0 spiro atoms. The lowest BCUT2D eigenvalue weighted by atomic mass is 10.2. The quantitative estimate of drug-likeness (QED) is 0.632. The van der Waals surface area contributed by atoms with E-state index in [1.807, 2.05) is 5.32 Å². The number of ether oxygens (including phenoxy) is 1. The zero-order valence-corrected chi connectivity index (χ0v) is 13.3. The maximum Gasteiger partial charge on any atom is 0.417 e. The van der Waals surface area contributed by atoms with E-state index in [-0.39, 0.29) is 5.82 Å². The second-order valence-corrected chi connectivity index (χ2v) is 5.21. The predicted molar refractivity (Wildman–Crippen MR) is 79.5 cm³/mol. The monoisotopic (exact) mass is 394 g/mol. The van der Waals surface area contributed by atoms with Crippen molar-refractivity contribution >= 4 is 29.3 Å². The highest BCUT2D eigenvalue weighted by atomic mass is 35.5. The van der Waals surface area contributed by atoms with Crippen molar-refractivity contribution in [1.29, 1.82) is 0 Å². The van der Waals surface area contributed by atoms with Crippen LogP contribution in [-0.2, 0) is 15.7 Å². The number of carbonyl (C=O) groups excluding carboxylic acids is 2. The molecule has 0 aliphatic rings. The largest absolute Gasteiger partial charge is 0.452 e. The Morgan fingerprint density at radius 2 is 1.88 bits per heavy atom. The number of carbonyl (C=O) groups is 2. The summed E-state index contributed by atoms with van der Waals surface area (Å²) in [5.74, 6) is -4.67. The van der Waals surface area contributed by atoms with Crippen molar-refractivity contribution in [2.24, 2.45) is 0 Å². The van der Waals surface area contributed by atoms with Crippen molar-refractivity contribution in [1.82, 2.24) is 4.98 Å². The summed E-state index contributed by atoms with van der Waals surface area (Å²) in [7, 11) is 0. The molecule has 0 atom stereocenters. The van der Waals surface area contributed by atoms with Crippen molar-refractivity contribution in [3.05, 3.63) is 58.2 Å². The van der Waals surface area contributed by atoms with E-state index in [9.17, 15) is 31.5 Å². The average Bonchev–Trinajstić information content (AvgIpc) is 2.53. The maximum absolute atomic E-state index is 13.4. The maximum atomic E-state index is 13.4. The van der Waals surface area contributed by atoms with Gasteiger partial charge in [-0.2, -0.15) is 13.2 Å². The summed E-state index contributed by atoms with van der Waals surface area (Å²) in [6, 6.07) is 2.68. The van der Waals surface area contributed by atoms with Gasteiger partial charge in [-0.1, -0.05) is 11.6 Å². The fourth-order valence-corrected chi connectivity index (χ4v) is 1.93. The Morgan fingerprint density at radius 1 is 1.19 bits per heavy atom. The molecule has 2 rings (SSSR count). The van der Waals surface area contributed by atoms with Crippen LogP contribution in [0.4, 0.5) is 27.8 Å². The summed E-state index contributed by atoms with van der Waals surface area (Å²) < 4.78 is 68.2. The van der Waals surface area contributed by atoms with Crippen LogP contribution in [0.5, 0.6) is 0 Å². The molecular formula is C15H8ClF5N2O3. The Morgan fingerprint density at radius 3 is 2.46 bits per heavy atom. The number of nitrogens with one attached hydrogen (secondary N) is 1. The zero-order chi connectivity index (χ0) is 19.5. The lowest BCUT2D eigenvalue weighted by Gasteiger charge is -2.10. The lowest BCUT2D eigenvalue weighted by molar-refractivity contribution is -0.137. The van der Waals surface area contributed by atoms with Crippen molar-refractivity contribution in [3.63, 3.8) is 0 Å². The third-order valence-electron chi connectivity index (χ3n) is 2.91. The van der Waals surface area contributed by atoms with Crippen LogP contribution in [0.3, 0.4) is 0 Å². The number of benzene rings is 1. The Labute approximate surface area is 147 Å². The second kappa shape index (κ2) is 7.65. The van der Waals surface area contributed by atoms with E-state index in [2.05, 4.69) is 9.72 Å². The Hall–Kier alpha value is -2.75. The first-order valence-corrected chi connectivity index (χ1v) is 7.10. The van der Waals surface area contributed by atoms with Crippen LogP contribution in [0.15, 0.2) is 30.5 Å². The van der Waals surface area contributed by atoms with Gasteiger partial charge in [0.2, 0.25) is 0 Å². The van der Waals surface area contributed by atoms with Gasteiger partial charge in [0.25, 0.3) is 5.91 Å². The highest BCUT2D eigenvalue weighted by molar-refractivity contribution is 6.33. The van der Waals surface area contributed by atoms with Gasteiger partial charge in [0, 0.05) is 12.3 Å². The molecule has 0 saturated heterocycles. The van der Waals surface area contributed by atoms with Crippen molar-refractivity contribution in [2.45, 2.75) is 6.18 Å². The fraction of sp³-hybridized carbons (Fsp3) is 0.133. The minimum atomic E-state index is -4.66. The third kappa shape index (κ3) is 4.88. The van der Waals surface area contributed by atoms with Gasteiger partial charge in [0.15, 0.2) is 12.4 Å². The average molecular weight is 395 g/mol. The molecule has 0 bridgehead atoms. The first kappa shape index (κ1) is 19.6. The van der Waals surface area contributed by atoms with Gasteiger partial charge in [-0.3, -0.25) is 4.79 Å². The van der Waals surface area contributed by atoms with Crippen LogP contribution in [0.25, 0.3) is 0 Å². The predicted octanol–water partition coefficient (Wildman–Crippen LogP) is 3.83. The number of amides is 1. The van der Waals surface area contributed by atoms with E-state index in [1.165, 1.54) is 0 Å². The number of anilines is 1. The number of rotatable bonds is 4. The topological polar surface area (TPSA) is 68.3 Å². The van der Waals surface area contributed by atoms with Crippen LogP contribution < -0.4 is 5.32 Å². The molecule has 26 heavy (non-hydrogen) atoms. The van der Waals surface area contributed by atoms with Gasteiger partial charge >= 0.3 is 12.1 Å². The molecule has 0 unspecified atom stereocenters. The molecule has 0 radical (unpaired) electrons. The summed E-state index contributed by atoms with van der Waals surface area (Å²) in [6.07, 6.45) is -4.20. The molecule has 138 valence electrons. The third-order valence-corrected chi connectivity index (χ3v) is 3.20. The first-order valence-electron chi connectivity index (χ1n) is 6.72. The number of hydrogen-bond donors (Lipinski definition) is 1. The standard InChI is InChI=1S/C15H8ClF5N2O3/c16-10-3-7(15(19,20)21)5-22-13(10)23-12(24)6-26-14(25)9-2-1-8(17)4-11(9)18/h1-5H,6H2,(H,22,23,24).